The van der Waals surface area contributed by atoms with Crippen LogP contribution in [-0.2, 0) is 17.9 Å². The van der Waals surface area contributed by atoms with Crippen molar-refractivity contribution in [2.75, 3.05) is 44.2 Å². The zero-order valence-electron chi connectivity index (χ0n) is 17.8. The molecule has 0 bridgehead atoms. The molecule has 166 valence electrons. The summed E-state index contributed by atoms with van der Waals surface area (Å²) in [6.45, 7) is 6.66. The van der Waals surface area contributed by atoms with E-state index in [9.17, 15) is 4.79 Å². The lowest BCUT2D eigenvalue weighted by Crippen LogP contribution is -2.51. The van der Waals surface area contributed by atoms with Gasteiger partial charge in [-0.3, -0.25) is 9.69 Å². The van der Waals surface area contributed by atoms with Gasteiger partial charge in [0.25, 0.3) is 0 Å². The Morgan fingerprint density at radius 3 is 2.71 bits per heavy atom. The number of amides is 1. The van der Waals surface area contributed by atoms with Gasteiger partial charge in [0.15, 0.2) is 11.1 Å². The fourth-order valence-electron chi connectivity index (χ4n) is 4.29. The first kappa shape index (κ1) is 21.6. The fraction of sp³-hybridized carbons (Fsp3) is 0.500. The Bertz CT molecular complexity index is 893. The zero-order chi connectivity index (χ0) is 21.6. The number of rotatable bonds is 6. The highest BCUT2D eigenvalue weighted by atomic mass is 32.1. The van der Waals surface area contributed by atoms with E-state index < -0.39 is 0 Å². The van der Waals surface area contributed by atoms with Crippen LogP contribution in [0.3, 0.4) is 0 Å². The number of hydrogen-bond acceptors (Lipinski definition) is 6. The molecule has 2 aliphatic heterocycles. The molecule has 9 heteroatoms. The number of hydrogen-bond donors (Lipinski definition) is 2. The molecule has 2 aromatic rings. The largest absolute Gasteiger partial charge is 0.370 e. The average molecular weight is 442 g/mol. The van der Waals surface area contributed by atoms with Crippen LogP contribution in [0.2, 0.25) is 0 Å². The molecule has 8 nitrogen and oxygen atoms in total. The number of aliphatic imine (C=N–C) groups is 1. The van der Waals surface area contributed by atoms with Crippen molar-refractivity contribution in [2.45, 2.75) is 25.9 Å². The van der Waals surface area contributed by atoms with Crippen molar-refractivity contribution < 1.29 is 4.79 Å². The van der Waals surface area contributed by atoms with E-state index in [0.717, 1.165) is 69.3 Å². The molecular weight excluding hydrogens is 410 g/mol. The third-order valence-corrected chi connectivity index (χ3v) is 6.85. The van der Waals surface area contributed by atoms with Gasteiger partial charge >= 0.3 is 0 Å². The second kappa shape index (κ2) is 10.1. The van der Waals surface area contributed by atoms with Crippen molar-refractivity contribution in [1.29, 1.82) is 0 Å². The smallest absolute Gasteiger partial charge is 0.221 e. The molecule has 1 atom stereocenters. The molecule has 2 fully saturated rings. The minimum Gasteiger partial charge on any atom is -0.370 e. The number of guanidine groups is 1. The van der Waals surface area contributed by atoms with Crippen molar-refractivity contribution in [1.82, 2.24) is 14.8 Å². The molecule has 3 heterocycles. The number of piperidine rings is 1. The van der Waals surface area contributed by atoms with Gasteiger partial charge in [0.2, 0.25) is 5.91 Å². The lowest BCUT2D eigenvalue weighted by Gasteiger charge is -2.35. The standard InChI is InChI=1S/C22H31N7OS/c23-20(30)19-5-2-7-27(16-19)15-18-4-1-3-17(13-18)14-26-21(24)28-8-10-29(11-9-28)22-25-6-12-31-22/h1,3-4,6,12-13,19H,2,5,7-11,14-16H2,(H2,23,30)(H2,24,26). The summed E-state index contributed by atoms with van der Waals surface area (Å²) in [6, 6.07) is 8.47. The van der Waals surface area contributed by atoms with E-state index in [-0.39, 0.29) is 11.8 Å². The van der Waals surface area contributed by atoms with Crippen LogP contribution in [0, 0.1) is 5.92 Å². The summed E-state index contributed by atoms with van der Waals surface area (Å²) in [5, 5.41) is 3.08. The first-order valence-electron chi connectivity index (χ1n) is 10.9. The molecule has 31 heavy (non-hydrogen) atoms. The summed E-state index contributed by atoms with van der Waals surface area (Å²) in [7, 11) is 0. The number of aromatic nitrogens is 1. The van der Waals surface area contributed by atoms with E-state index in [0.29, 0.717) is 12.5 Å². The van der Waals surface area contributed by atoms with Crippen LogP contribution in [0.15, 0.2) is 40.8 Å². The van der Waals surface area contributed by atoms with Crippen LogP contribution < -0.4 is 16.4 Å². The van der Waals surface area contributed by atoms with Crippen LogP contribution >= 0.6 is 11.3 Å². The average Bonchev–Trinajstić information content (AvgIpc) is 3.33. The lowest BCUT2D eigenvalue weighted by molar-refractivity contribution is -0.123. The van der Waals surface area contributed by atoms with Crippen molar-refractivity contribution in [3.8, 4) is 0 Å². The molecule has 0 saturated carbocycles. The molecule has 4 rings (SSSR count). The number of piperazine rings is 1. The third kappa shape index (κ3) is 5.74. The van der Waals surface area contributed by atoms with E-state index in [1.54, 1.807) is 11.3 Å². The van der Waals surface area contributed by atoms with E-state index >= 15 is 0 Å². The summed E-state index contributed by atoms with van der Waals surface area (Å²) in [5.74, 6) is 0.387. The quantitative estimate of drug-likeness (QED) is 0.520. The van der Waals surface area contributed by atoms with E-state index in [1.807, 2.05) is 11.6 Å². The second-order valence-electron chi connectivity index (χ2n) is 8.26. The number of carbonyl (C=O) groups excluding carboxylic acids is 1. The van der Waals surface area contributed by atoms with Gasteiger partial charge in [-0.15, -0.1) is 11.3 Å². The van der Waals surface area contributed by atoms with Gasteiger partial charge in [-0.05, 0) is 30.5 Å². The molecule has 0 aliphatic carbocycles. The first-order chi connectivity index (χ1) is 15.1. The van der Waals surface area contributed by atoms with Crippen LogP contribution in [0.4, 0.5) is 5.13 Å². The fourth-order valence-corrected chi connectivity index (χ4v) is 4.98. The van der Waals surface area contributed by atoms with Gasteiger partial charge in [0.1, 0.15) is 0 Å². The lowest BCUT2D eigenvalue weighted by atomic mass is 9.97. The Labute approximate surface area is 187 Å². The Balaban J connectivity index is 1.29. The Morgan fingerprint density at radius 1 is 1.16 bits per heavy atom. The Kier molecular flexibility index (Phi) is 7.03. The van der Waals surface area contributed by atoms with E-state index in [2.05, 4.69) is 48.9 Å². The number of carbonyl (C=O) groups is 1. The normalized spacial score (nSPS) is 20.8. The van der Waals surface area contributed by atoms with Crippen LogP contribution in [0.1, 0.15) is 24.0 Å². The minimum atomic E-state index is -0.184. The highest BCUT2D eigenvalue weighted by Crippen LogP contribution is 2.20. The first-order valence-corrected chi connectivity index (χ1v) is 11.8. The van der Waals surface area contributed by atoms with Crippen molar-refractivity contribution in [2.24, 2.45) is 22.4 Å². The molecule has 2 saturated heterocycles. The van der Waals surface area contributed by atoms with Gasteiger partial charge in [0.05, 0.1) is 12.5 Å². The summed E-state index contributed by atoms with van der Waals surface area (Å²) < 4.78 is 0. The monoisotopic (exact) mass is 441 g/mol. The zero-order valence-corrected chi connectivity index (χ0v) is 18.6. The molecule has 1 aromatic heterocycles. The molecule has 1 aromatic carbocycles. The number of thiazole rings is 1. The molecule has 0 spiro atoms. The molecule has 1 amide bonds. The van der Waals surface area contributed by atoms with Crippen molar-refractivity contribution in [3.05, 3.63) is 47.0 Å². The summed E-state index contributed by atoms with van der Waals surface area (Å²) in [4.78, 5) is 27.3. The molecule has 4 N–H and O–H groups in total. The van der Waals surface area contributed by atoms with Gasteiger partial charge < -0.3 is 21.3 Å². The van der Waals surface area contributed by atoms with Gasteiger partial charge in [0, 0.05) is 50.8 Å². The summed E-state index contributed by atoms with van der Waals surface area (Å²) >= 11 is 1.67. The molecule has 2 aliphatic rings. The van der Waals surface area contributed by atoms with Crippen LogP contribution in [-0.4, -0.2) is 65.9 Å². The number of nitrogens with two attached hydrogens (primary N) is 2. The number of anilines is 1. The van der Waals surface area contributed by atoms with Crippen molar-refractivity contribution in [3.63, 3.8) is 0 Å². The predicted molar refractivity (Wildman–Crippen MR) is 125 cm³/mol. The highest BCUT2D eigenvalue weighted by molar-refractivity contribution is 7.13. The minimum absolute atomic E-state index is 0.0302. The number of likely N-dealkylation sites (tertiary alicyclic amines) is 1. The Morgan fingerprint density at radius 2 is 1.97 bits per heavy atom. The summed E-state index contributed by atoms with van der Waals surface area (Å²) in [5.41, 5.74) is 14.2. The van der Waals surface area contributed by atoms with Gasteiger partial charge in [-0.25, -0.2) is 9.98 Å². The third-order valence-electron chi connectivity index (χ3n) is 6.02. The number of primary amides is 1. The van der Waals surface area contributed by atoms with Gasteiger partial charge in [-0.2, -0.15) is 0 Å². The molecule has 0 radical (unpaired) electrons. The molecular formula is C22H31N7OS. The van der Waals surface area contributed by atoms with Crippen LogP contribution in [0.5, 0.6) is 0 Å². The highest BCUT2D eigenvalue weighted by Gasteiger charge is 2.24. The van der Waals surface area contributed by atoms with Crippen LogP contribution in [0.25, 0.3) is 0 Å². The maximum atomic E-state index is 11.5. The van der Waals surface area contributed by atoms with Gasteiger partial charge in [-0.1, -0.05) is 24.3 Å². The van der Waals surface area contributed by atoms with E-state index in [1.165, 1.54) is 5.56 Å². The number of nitrogens with zero attached hydrogens (tertiary/aromatic N) is 5. The SMILES string of the molecule is NC(=O)C1CCCN(Cc2cccc(CN=C(N)N3CCN(c4nccs4)CC3)c2)C1. The topological polar surface area (TPSA) is 104 Å². The van der Waals surface area contributed by atoms with Crippen molar-refractivity contribution >= 4 is 28.3 Å². The summed E-state index contributed by atoms with van der Waals surface area (Å²) in [6.07, 6.45) is 3.76. The maximum absolute atomic E-state index is 11.5. The predicted octanol–water partition coefficient (Wildman–Crippen LogP) is 1.48. The number of benzene rings is 1. The Hall–Kier alpha value is -2.65. The maximum Gasteiger partial charge on any atom is 0.221 e. The molecule has 1 unspecified atom stereocenters. The second-order valence-corrected chi connectivity index (χ2v) is 9.13. The van der Waals surface area contributed by atoms with E-state index in [4.69, 9.17) is 11.5 Å².